The molecular weight excluding hydrogens is 456 g/mol. The number of nitrogens with zero attached hydrogens (tertiary/aromatic N) is 2. The van der Waals surface area contributed by atoms with Crippen molar-refractivity contribution in [2.45, 2.75) is 19.3 Å². The summed E-state index contributed by atoms with van der Waals surface area (Å²) in [5.74, 6) is -0.628. The second-order valence-corrected chi connectivity index (χ2v) is 8.83. The zero-order valence-electron chi connectivity index (χ0n) is 19.6. The molecule has 2 N–H and O–H groups in total. The number of piperidine rings is 1. The maximum atomic E-state index is 13.1. The SMILES string of the molecule is O=C(NNC(=O)C1CCCN(C(=O)Cc2ccccc2)C1)c1cc(-c2ccco2)nc2ccccc12. The lowest BCUT2D eigenvalue weighted by atomic mass is 9.96. The van der Waals surface area contributed by atoms with Crippen LogP contribution in [-0.4, -0.2) is 40.7 Å². The third-order valence-corrected chi connectivity index (χ3v) is 6.38. The molecule has 3 heterocycles. The van der Waals surface area contributed by atoms with E-state index < -0.39 is 11.8 Å². The first-order valence-corrected chi connectivity index (χ1v) is 11.9. The highest BCUT2D eigenvalue weighted by molar-refractivity contribution is 6.07. The Labute approximate surface area is 208 Å². The number of carbonyl (C=O) groups is 3. The van der Waals surface area contributed by atoms with E-state index in [1.165, 1.54) is 0 Å². The average Bonchev–Trinajstić information content (AvgIpc) is 3.47. The molecule has 0 bridgehead atoms. The number of para-hydroxylation sites is 1. The van der Waals surface area contributed by atoms with Crippen LogP contribution in [0.3, 0.4) is 0 Å². The second-order valence-electron chi connectivity index (χ2n) is 8.83. The van der Waals surface area contributed by atoms with Gasteiger partial charge in [0.25, 0.3) is 5.91 Å². The van der Waals surface area contributed by atoms with Gasteiger partial charge in [0.1, 0.15) is 5.69 Å². The maximum absolute atomic E-state index is 13.1. The van der Waals surface area contributed by atoms with Gasteiger partial charge in [0, 0.05) is 18.5 Å². The minimum Gasteiger partial charge on any atom is -0.463 e. The summed E-state index contributed by atoms with van der Waals surface area (Å²) in [4.78, 5) is 45.0. The van der Waals surface area contributed by atoms with Crippen molar-refractivity contribution in [3.63, 3.8) is 0 Å². The first-order valence-electron chi connectivity index (χ1n) is 11.9. The molecule has 1 aliphatic heterocycles. The van der Waals surface area contributed by atoms with Crippen LogP contribution in [0.1, 0.15) is 28.8 Å². The highest BCUT2D eigenvalue weighted by Gasteiger charge is 2.29. The molecular formula is C28H26N4O4. The van der Waals surface area contributed by atoms with Gasteiger partial charge >= 0.3 is 0 Å². The van der Waals surface area contributed by atoms with Gasteiger partial charge in [-0.2, -0.15) is 0 Å². The highest BCUT2D eigenvalue weighted by atomic mass is 16.3. The van der Waals surface area contributed by atoms with Gasteiger partial charge in [0.15, 0.2) is 5.76 Å². The number of hydrogen-bond donors (Lipinski definition) is 2. The number of aromatic nitrogens is 1. The van der Waals surface area contributed by atoms with Crippen LogP contribution in [0, 0.1) is 5.92 Å². The van der Waals surface area contributed by atoms with E-state index in [4.69, 9.17) is 4.42 Å². The van der Waals surface area contributed by atoms with Crippen molar-refractivity contribution < 1.29 is 18.8 Å². The summed E-state index contributed by atoms with van der Waals surface area (Å²) in [5, 5.41) is 0.662. The fraction of sp³-hybridized carbons (Fsp3) is 0.214. The summed E-state index contributed by atoms with van der Waals surface area (Å²) in [7, 11) is 0. The summed E-state index contributed by atoms with van der Waals surface area (Å²) < 4.78 is 5.45. The van der Waals surface area contributed by atoms with Crippen LogP contribution in [-0.2, 0) is 16.0 Å². The van der Waals surface area contributed by atoms with Crippen LogP contribution in [0.2, 0.25) is 0 Å². The van der Waals surface area contributed by atoms with E-state index in [1.54, 1.807) is 29.4 Å². The minimum absolute atomic E-state index is 0.00329. The Morgan fingerprint density at radius 2 is 1.78 bits per heavy atom. The number of rotatable bonds is 5. The molecule has 1 unspecified atom stereocenters. The number of hydrogen-bond acceptors (Lipinski definition) is 5. The number of carbonyl (C=O) groups excluding carboxylic acids is 3. The Kier molecular flexibility index (Phi) is 6.75. The van der Waals surface area contributed by atoms with Crippen molar-refractivity contribution in [2.75, 3.05) is 13.1 Å². The van der Waals surface area contributed by atoms with Gasteiger partial charge in [-0.1, -0.05) is 48.5 Å². The van der Waals surface area contributed by atoms with Crippen molar-refractivity contribution in [2.24, 2.45) is 5.92 Å². The monoisotopic (exact) mass is 482 g/mol. The molecule has 36 heavy (non-hydrogen) atoms. The van der Waals surface area contributed by atoms with Crippen LogP contribution in [0.25, 0.3) is 22.4 Å². The zero-order chi connectivity index (χ0) is 24.9. The van der Waals surface area contributed by atoms with E-state index in [0.29, 0.717) is 53.9 Å². The third kappa shape index (κ3) is 5.12. The first-order chi connectivity index (χ1) is 17.6. The summed E-state index contributed by atoms with van der Waals surface area (Å²) >= 11 is 0. The minimum atomic E-state index is -0.456. The first kappa shape index (κ1) is 23.3. The molecule has 1 aliphatic rings. The number of hydrazine groups is 1. The Balaban J connectivity index is 1.24. The van der Waals surface area contributed by atoms with E-state index in [1.807, 2.05) is 54.6 Å². The van der Waals surface area contributed by atoms with Gasteiger partial charge in [-0.15, -0.1) is 0 Å². The molecule has 0 saturated carbocycles. The molecule has 5 rings (SSSR count). The average molecular weight is 483 g/mol. The Hall–Kier alpha value is -4.46. The molecule has 1 fully saturated rings. The van der Waals surface area contributed by atoms with Crippen LogP contribution < -0.4 is 10.9 Å². The van der Waals surface area contributed by atoms with E-state index in [-0.39, 0.29) is 11.8 Å². The predicted octanol–water partition coefficient (Wildman–Crippen LogP) is 3.74. The molecule has 1 saturated heterocycles. The number of benzene rings is 2. The Morgan fingerprint density at radius 1 is 0.972 bits per heavy atom. The number of amides is 3. The maximum Gasteiger partial charge on any atom is 0.270 e. The molecule has 0 spiro atoms. The lowest BCUT2D eigenvalue weighted by molar-refractivity contribution is -0.135. The van der Waals surface area contributed by atoms with Gasteiger partial charge in [0.2, 0.25) is 11.8 Å². The second kappa shape index (κ2) is 10.4. The number of furan rings is 1. The Morgan fingerprint density at radius 3 is 2.58 bits per heavy atom. The number of nitrogens with one attached hydrogen (secondary N) is 2. The lowest BCUT2D eigenvalue weighted by Gasteiger charge is -2.32. The third-order valence-electron chi connectivity index (χ3n) is 6.38. The summed E-state index contributed by atoms with van der Waals surface area (Å²) in [5.41, 5.74) is 7.58. The molecule has 2 aromatic heterocycles. The van der Waals surface area contributed by atoms with Crippen molar-refractivity contribution in [3.05, 3.63) is 90.2 Å². The zero-order valence-corrected chi connectivity index (χ0v) is 19.6. The standard InChI is InChI=1S/C28H26N4O4/c33-26(16-19-8-2-1-3-9-19)32-14-6-10-20(18-32)27(34)30-31-28(35)22-17-24(25-13-7-15-36-25)29-23-12-5-4-11-21(22)23/h1-5,7-9,11-13,15,17,20H,6,10,14,16,18H2,(H,30,34)(H,31,35). The predicted molar refractivity (Wildman–Crippen MR) is 135 cm³/mol. The molecule has 3 amide bonds. The number of likely N-dealkylation sites (tertiary alicyclic amines) is 1. The fourth-order valence-electron chi connectivity index (χ4n) is 4.50. The lowest BCUT2D eigenvalue weighted by Crippen LogP contribution is -2.50. The number of pyridine rings is 1. The van der Waals surface area contributed by atoms with Crippen molar-refractivity contribution in [1.82, 2.24) is 20.7 Å². The van der Waals surface area contributed by atoms with Crippen LogP contribution in [0.4, 0.5) is 0 Å². The molecule has 8 heteroatoms. The van der Waals surface area contributed by atoms with Gasteiger partial charge < -0.3 is 9.32 Å². The van der Waals surface area contributed by atoms with Gasteiger partial charge in [-0.05, 0) is 42.7 Å². The molecule has 2 aromatic carbocycles. The fourth-order valence-corrected chi connectivity index (χ4v) is 4.50. The number of fused-ring (bicyclic) bond motifs is 1. The summed E-state index contributed by atoms with van der Waals surface area (Å²) in [6.45, 7) is 0.953. The van der Waals surface area contributed by atoms with E-state index in [2.05, 4.69) is 15.8 Å². The molecule has 4 aromatic rings. The molecule has 1 atom stereocenters. The largest absolute Gasteiger partial charge is 0.463 e. The van der Waals surface area contributed by atoms with Gasteiger partial charge in [0.05, 0.1) is 29.7 Å². The molecule has 0 radical (unpaired) electrons. The molecule has 8 nitrogen and oxygen atoms in total. The van der Waals surface area contributed by atoms with Crippen molar-refractivity contribution >= 4 is 28.6 Å². The van der Waals surface area contributed by atoms with Crippen LogP contribution in [0.15, 0.2) is 83.5 Å². The molecule has 182 valence electrons. The normalized spacial score (nSPS) is 15.4. The van der Waals surface area contributed by atoms with Gasteiger partial charge in [-0.3, -0.25) is 25.2 Å². The van der Waals surface area contributed by atoms with E-state index >= 15 is 0 Å². The highest BCUT2D eigenvalue weighted by Crippen LogP contribution is 2.25. The van der Waals surface area contributed by atoms with E-state index in [0.717, 1.165) is 12.0 Å². The molecule has 0 aliphatic carbocycles. The van der Waals surface area contributed by atoms with Crippen molar-refractivity contribution in [3.8, 4) is 11.5 Å². The quantitative estimate of drug-likeness (QED) is 0.422. The van der Waals surface area contributed by atoms with Crippen LogP contribution in [0.5, 0.6) is 0 Å². The smallest absolute Gasteiger partial charge is 0.270 e. The van der Waals surface area contributed by atoms with E-state index in [9.17, 15) is 14.4 Å². The van der Waals surface area contributed by atoms with Crippen LogP contribution >= 0.6 is 0 Å². The summed E-state index contributed by atoms with van der Waals surface area (Å²) in [6, 6.07) is 22.0. The topological polar surface area (TPSA) is 105 Å². The summed E-state index contributed by atoms with van der Waals surface area (Å²) in [6.07, 6.45) is 3.23. The van der Waals surface area contributed by atoms with Gasteiger partial charge in [-0.25, -0.2) is 4.98 Å². The van der Waals surface area contributed by atoms with Crippen molar-refractivity contribution in [1.29, 1.82) is 0 Å². The Bertz CT molecular complexity index is 1390.